The highest BCUT2D eigenvalue weighted by Crippen LogP contribution is 2.35. The smallest absolute Gasteiger partial charge is 0.266 e. The van der Waals surface area contributed by atoms with E-state index in [0.29, 0.717) is 36.0 Å². The zero-order chi connectivity index (χ0) is 25.9. The Labute approximate surface area is 226 Å². The molecule has 0 saturated heterocycles. The Morgan fingerprint density at radius 3 is 2.33 bits per heavy atom. The molecule has 6 nitrogen and oxygen atoms in total. The molecular weight excluding hydrogens is 565 g/mol. The number of carbonyl (C=O) groups excluding carboxylic acids is 1. The topological polar surface area (TPSA) is 74.6 Å². The van der Waals surface area contributed by atoms with Crippen LogP contribution in [0.3, 0.4) is 0 Å². The molecule has 0 spiro atoms. The second kappa shape index (κ2) is 13.5. The summed E-state index contributed by atoms with van der Waals surface area (Å²) >= 11 is 2.18. The van der Waals surface area contributed by atoms with Crippen LogP contribution in [-0.2, 0) is 11.4 Å². The number of benzene rings is 3. The number of anilines is 2. The molecule has 0 aliphatic rings. The highest BCUT2D eigenvalue weighted by molar-refractivity contribution is 14.1. The maximum atomic E-state index is 12.8. The maximum absolute atomic E-state index is 12.8. The van der Waals surface area contributed by atoms with E-state index in [0.717, 1.165) is 27.9 Å². The molecule has 1 N–H and O–H groups in total. The molecule has 0 unspecified atom stereocenters. The number of rotatable bonds is 11. The number of amides is 1. The number of nitrogens with one attached hydrogen (secondary N) is 1. The van der Waals surface area contributed by atoms with Crippen LogP contribution in [0.15, 0.2) is 72.3 Å². The Balaban J connectivity index is 1.79. The molecular formula is C29H30IN3O3. The van der Waals surface area contributed by atoms with Crippen LogP contribution in [0.1, 0.15) is 31.9 Å². The molecule has 0 bridgehead atoms. The summed E-state index contributed by atoms with van der Waals surface area (Å²) in [7, 11) is 0. The van der Waals surface area contributed by atoms with Crippen molar-refractivity contribution in [1.82, 2.24) is 0 Å². The maximum Gasteiger partial charge on any atom is 0.266 e. The Morgan fingerprint density at radius 2 is 1.72 bits per heavy atom. The molecule has 0 aromatic heterocycles. The van der Waals surface area contributed by atoms with E-state index in [1.807, 2.05) is 73.7 Å². The lowest BCUT2D eigenvalue weighted by Crippen LogP contribution is -2.21. The fraction of sp³-hybridized carbons (Fsp3) is 0.241. The Kier molecular flexibility index (Phi) is 10.2. The molecule has 0 aliphatic heterocycles. The first-order valence-corrected chi connectivity index (χ1v) is 13.0. The van der Waals surface area contributed by atoms with Crippen molar-refractivity contribution in [2.75, 3.05) is 29.9 Å². The van der Waals surface area contributed by atoms with Crippen LogP contribution in [0.4, 0.5) is 11.4 Å². The number of ether oxygens (including phenoxy) is 2. The standard InChI is InChI=1S/C29H30IN3O3/c1-4-33(5-2)25-14-12-24(13-15-25)32-29(34)23(19-31)16-22-17-26(30)28(27(18-22)35-6-3)36-20-21-10-8-7-9-11-21/h7-18H,4-6,20H2,1-3H3,(H,32,34)/b23-16-. The zero-order valence-electron chi connectivity index (χ0n) is 20.8. The fourth-order valence-electron chi connectivity index (χ4n) is 3.66. The van der Waals surface area contributed by atoms with Gasteiger partial charge in [0.1, 0.15) is 18.2 Å². The Hall–Kier alpha value is -3.51. The molecule has 0 radical (unpaired) electrons. The summed E-state index contributed by atoms with van der Waals surface area (Å²) in [4.78, 5) is 15.1. The van der Waals surface area contributed by atoms with Crippen LogP contribution in [0.5, 0.6) is 11.5 Å². The lowest BCUT2D eigenvalue weighted by Gasteiger charge is -2.21. The summed E-state index contributed by atoms with van der Waals surface area (Å²) in [5, 5.41) is 12.5. The van der Waals surface area contributed by atoms with Gasteiger partial charge in [-0.1, -0.05) is 30.3 Å². The molecule has 1 amide bonds. The van der Waals surface area contributed by atoms with Crippen molar-refractivity contribution in [3.05, 3.63) is 87.0 Å². The summed E-state index contributed by atoms with van der Waals surface area (Å²) in [5.74, 6) is 0.733. The van der Waals surface area contributed by atoms with Gasteiger partial charge in [0.2, 0.25) is 0 Å². The lowest BCUT2D eigenvalue weighted by atomic mass is 10.1. The predicted octanol–water partition coefficient (Wildman–Crippen LogP) is 6.66. The van der Waals surface area contributed by atoms with Gasteiger partial charge in [-0.15, -0.1) is 0 Å². The van der Waals surface area contributed by atoms with Crippen LogP contribution in [0.25, 0.3) is 6.08 Å². The number of carbonyl (C=O) groups is 1. The molecule has 0 heterocycles. The zero-order valence-corrected chi connectivity index (χ0v) is 22.9. The van der Waals surface area contributed by atoms with Crippen molar-refractivity contribution in [2.24, 2.45) is 0 Å². The van der Waals surface area contributed by atoms with Gasteiger partial charge in [0.15, 0.2) is 11.5 Å². The van der Waals surface area contributed by atoms with Gasteiger partial charge in [0.05, 0.1) is 10.2 Å². The number of halogens is 1. The van der Waals surface area contributed by atoms with E-state index in [4.69, 9.17) is 9.47 Å². The summed E-state index contributed by atoms with van der Waals surface area (Å²) in [6.45, 7) is 8.78. The second-order valence-electron chi connectivity index (χ2n) is 7.88. The van der Waals surface area contributed by atoms with E-state index in [2.05, 4.69) is 46.7 Å². The summed E-state index contributed by atoms with van der Waals surface area (Å²) < 4.78 is 12.7. The average Bonchev–Trinajstić information content (AvgIpc) is 2.89. The monoisotopic (exact) mass is 595 g/mol. The predicted molar refractivity (Wildman–Crippen MR) is 153 cm³/mol. The molecule has 3 rings (SSSR count). The van der Waals surface area contributed by atoms with Crippen molar-refractivity contribution in [3.8, 4) is 17.6 Å². The molecule has 3 aromatic rings. The van der Waals surface area contributed by atoms with E-state index in [9.17, 15) is 10.1 Å². The molecule has 186 valence electrons. The minimum atomic E-state index is -0.467. The number of nitrogens with zero attached hydrogens (tertiary/aromatic N) is 2. The first kappa shape index (κ1) is 27.1. The first-order chi connectivity index (χ1) is 17.5. The third-order valence-corrected chi connectivity index (χ3v) is 6.29. The normalized spacial score (nSPS) is 10.9. The molecule has 0 saturated carbocycles. The number of hydrogen-bond acceptors (Lipinski definition) is 5. The quantitative estimate of drug-likeness (QED) is 0.153. The third kappa shape index (κ3) is 7.25. The van der Waals surface area contributed by atoms with Crippen molar-refractivity contribution in [1.29, 1.82) is 5.26 Å². The lowest BCUT2D eigenvalue weighted by molar-refractivity contribution is -0.112. The molecule has 0 fully saturated rings. The van der Waals surface area contributed by atoms with E-state index < -0.39 is 5.91 Å². The largest absolute Gasteiger partial charge is 0.490 e. The van der Waals surface area contributed by atoms with Crippen LogP contribution in [0.2, 0.25) is 0 Å². The van der Waals surface area contributed by atoms with Crippen molar-refractivity contribution in [2.45, 2.75) is 27.4 Å². The van der Waals surface area contributed by atoms with Gasteiger partial charge in [-0.3, -0.25) is 4.79 Å². The molecule has 0 atom stereocenters. The summed E-state index contributed by atoms with van der Waals surface area (Å²) in [6, 6.07) is 23.2. The molecule has 36 heavy (non-hydrogen) atoms. The second-order valence-corrected chi connectivity index (χ2v) is 9.04. The Bertz CT molecular complexity index is 1230. The molecule has 7 heteroatoms. The number of nitriles is 1. The van der Waals surface area contributed by atoms with Crippen molar-refractivity contribution >= 4 is 45.9 Å². The average molecular weight is 595 g/mol. The molecule has 3 aromatic carbocycles. The number of hydrogen-bond donors (Lipinski definition) is 1. The summed E-state index contributed by atoms with van der Waals surface area (Å²) in [5.41, 5.74) is 3.44. The molecule has 0 aliphatic carbocycles. The Morgan fingerprint density at radius 1 is 1.03 bits per heavy atom. The minimum Gasteiger partial charge on any atom is -0.490 e. The van der Waals surface area contributed by atoms with E-state index in [-0.39, 0.29) is 5.57 Å². The van der Waals surface area contributed by atoms with Gasteiger partial charge >= 0.3 is 0 Å². The van der Waals surface area contributed by atoms with Gasteiger partial charge in [-0.25, -0.2) is 0 Å². The van der Waals surface area contributed by atoms with E-state index >= 15 is 0 Å². The van der Waals surface area contributed by atoms with Gasteiger partial charge in [-0.2, -0.15) is 5.26 Å². The van der Waals surface area contributed by atoms with Gasteiger partial charge in [0, 0.05) is 24.5 Å². The third-order valence-electron chi connectivity index (χ3n) is 5.49. The van der Waals surface area contributed by atoms with Crippen molar-refractivity contribution in [3.63, 3.8) is 0 Å². The van der Waals surface area contributed by atoms with Gasteiger partial charge in [0.25, 0.3) is 5.91 Å². The van der Waals surface area contributed by atoms with Crippen LogP contribution in [-0.4, -0.2) is 25.6 Å². The fourth-order valence-corrected chi connectivity index (χ4v) is 4.44. The van der Waals surface area contributed by atoms with Crippen LogP contribution in [0, 0.1) is 14.9 Å². The highest BCUT2D eigenvalue weighted by Gasteiger charge is 2.15. The van der Waals surface area contributed by atoms with Crippen LogP contribution < -0.4 is 19.7 Å². The van der Waals surface area contributed by atoms with Gasteiger partial charge < -0.3 is 19.7 Å². The first-order valence-electron chi connectivity index (χ1n) is 11.9. The van der Waals surface area contributed by atoms with Gasteiger partial charge in [-0.05, 0) is 97.0 Å². The van der Waals surface area contributed by atoms with Crippen molar-refractivity contribution < 1.29 is 14.3 Å². The van der Waals surface area contributed by atoms with Crippen LogP contribution >= 0.6 is 22.6 Å². The summed E-state index contributed by atoms with van der Waals surface area (Å²) in [6.07, 6.45) is 1.56. The van der Waals surface area contributed by atoms with E-state index in [1.165, 1.54) is 0 Å². The van der Waals surface area contributed by atoms with E-state index in [1.54, 1.807) is 12.1 Å². The highest BCUT2D eigenvalue weighted by atomic mass is 127. The minimum absolute atomic E-state index is 0.000906. The SMILES string of the molecule is CCOc1cc(/C=C(/C#N)C(=O)Nc2ccc(N(CC)CC)cc2)cc(I)c1OCc1ccccc1.